The van der Waals surface area contributed by atoms with E-state index in [1.54, 1.807) is 4.13 Å². The third-order valence-electron chi connectivity index (χ3n) is 2.47. The molecule has 0 aliphatic heterocycles. The molecule has 2 rings (SSSR count). The third-order valence-corrected chi connectivity index (χ3v) is 6.98. The van der Waals surface area contributed by atoms with Crippen molar-refractivity contribution in [3.05, 3.63) is 58.6 Å². The van der Waals surface area contributed by atoms with Gasteiger partial charge in [0.25, 0.3) is 20.0 Å². The average molecular weight is 366 g/mol. The molecule has 0 aliphatic carbocycles. The van der Waals surface area contributed by atoms with Gasteiger partial charge in [0.05, 0.1) is 10.0 Å². The molecule has 0 bridgehead atoms. The Morgan fingerprint density at radius 2 is 1.00 bits per heavy atom. The first-order valence-electron chi connectivity index (χ1n) is 5.52. The van der Waals surface area contributed by atoms with Crippen LogP contribution in [-0.2, 0) is 20.0 Å². The molecule has 0 amide bonds. The van der Waals surface area contributed by atoms with Crippen molar-refractivity contribution in [1.29, 1.82) is 0 Å². The van der Waals surface area contributed by atoms with Crippen LogP contribution in [0.15, 0.2) is 58.3 Å². The van der Waals surface area contributed by atoms with Crippen molar-refractivity contribution in [2.45, 2.75) is 9.79 Å². The van der Waals surface area contributed by atoms with Crippen molar-refractivity contribution in [3.8, 4) is 0 Å². The first kappa shape index (κ1) is 16.3. The molecule has 1 N–H and O–H groups in total. The molecule has 0 radical (unpaired) electrons. The molecular formula is C12H9Cl2NO4S2. The molecule has 0 heterocycles. The van der Waals surface area contributed by atoms with Crippen LogP contribution in [0, 0.1) is 0 Å². The minimum atomic E-state index is -4.34. The van der Waals surface area contributed by atoms with Gasteiger partial charge in [-0.3, -0.25) is 0 Å². The van der Waals surface area contributed by atoms with E-state index in [0.29, 0.717) is 0 Å². The summed E-state index contributed by atoms with van der Waals surface area (Å²) in [5.74, 6) is 0. The molecule has 0 atom stereocenters. The van der Waals surface area contributed by atoms with E-state index < -0.39 is 20.0 Å². The van der Waals surface area contributed by atoms with Gasteiger partial charge < -0.3 is 0 Å². The maximum Gasteiger partial charge on any atom is 0.255 e. The average Bonchev–Trinajstić information content (AvgIpc) is 2.38. The summed E-state index contributed by atoms with van der Waals surface area (Å²) in [5, 5.41) is -0.168. The molecule has 0 unspecified atom stereocenters. The molecule has 2 aromatic carbocycles. The summed E-state index contributed by atoms with van der Waals surface area (Å²) in [6.07, 6.45) is 0. The minimum Gasteiger partial charge on any atom is -0.206 e. The Bertz CT molecular complexity index is 806. The lowest BCUT2D eigenvalue weighted by molar-refractivity contribution is 0.577. The quantitative estimate of drug-likeness (QED) is 0.902. The van der Waals surface area contributed by atoms with Crippen LogP contribution in [0.25, 0.3) is 0 Å². The van der Waals surface area contributed by atoms with Crippen LogP contribution >= 0.6 is 23.2 Å². The van der Waals surface area contributed by atoms with Gasteiger partial charge in [0.15, 0.2) is 0 Å². The van der Waals surface area contributed by atoms with Crippen LogP contribution in [0.1, 0.15) is 0 Å². The van der Waals surface area contributed by atoms with Crippen molar-refractivity contribution < 1.29 is 16.8 Å². The second-order valence-corrected chi connectivity index (χ2v) is 8.33. The minimum absolute atomic E-state index is 0.0839. The smallest absolute Gasteiger partial charge is 0.206 e. The highest BCUT2D eigenvalue weighted by Crippen LogP contribution is 2.24. The maximum absolute atomic E-state index is 12.1. The van der Waals surface area contributed by atoms with Crippen LogP contribution in [0.4, 0.5) is 0 Å². The van der Waals surface area contributed by atoms with Crippen molar-refractivity contribution in [2.75, 3.05) is 0 Å². The Hall–Kier alpha value is -1.12. The molecule has 5 nitrogen and oxygen atoms in total. The molecule has 0 aliphatic rings. The lowest BCUT2D eigenvalue weighted by atomic mass is 10.4. The van der Waals surface area contributed by atoms with E-state index in [1.165, 1.54) is 48.5 Å². The van der Waals surface area contributed by atoms with Crippen molar-refractivity contribution in [1.82, 2.24) is 4.13 Å². The van der Waals surface area contributed by atoms with E-state index in [0.717, 1.165) is 0 Å². The van der Waals surface area contributed by atoms with Crippen LogP contribution < -0.4 is 4.13 Å². The largest absolute Gasteiger partial charge is 0.255 e. The highest BCUT2D eigenvalue weighted by Gasteiger charge is 2.27. The third kappa shape index (κ3) is 3.56. The molecule has 0 saturated carbocycles. The van der Waals surface area contributed by atoms with Crippen molar-refractivity contribution in [3.63, 3.8) is 0 Å². The second kappa shape index (κ2) is 5.94. The predicted octanol–water partition coefficient (Wildman–Crippen LogP) is 2.66. The standard InChI is InChI=1S/C12H9Cl2NO4S2/c13-9-5-1-3-7-11(9)20(16,17)15-21(18,19)12-8-4-2-6-10(12)14/h1-8,15H. The molecule has 0 fully saturated rings. The van der Waals surface area contributed by atoms with Gasteiger partial charge in [-0.25, -0.2) is 16.8 Å². The summed E-state index contributed by atoms with van der Waals surface area (Å²) in [6.45, 7) is 0. The van der Waals surface area contributed by atoms with Crippen LogP contribution in [0.2, 0.25) is 10.0 Å². The molecular weight excluding hydrogens is 357 g/mol. The van der Waals surface area contributed by atoms with Gasteiger partial charge in [0.2, 0.25) is 0 Å². The fourth-order valence-corrected chi connectivity index (χ4v) is 5.48. The summed E-state index contributed by atoms with van der Waals surface area (Å²) in [7, 11) is -8.68. The van der Waals surface area contributed by atoms with Crippen LogP contribution in [0.5, 0.6) is 0 Å². The molecule has 0 saturated heterocycles. The van der Waals surface area contributed by atoms with Crippen LogP contribution in [-0.4, -0.2) is 16.8 Å². The van der Waals surface area contributed by atoms with E-state index in [2.05, 4.69) is 0 Å². The number of hydrogen-bond donors (Lipinski definition) is 1. The highest BCUT2D eigenvalue weighted by molar-refractivity contribution is 8.04. The monoisotopic (exact) mass is 365 g/mol. The summed E-state index contributed by atoms with van der Waals surface area (Å²) in [6, 6.07) is 11.0. The Labute approximate surface area is 132 Å². The number of benzene rings is 2. The highest BCUT2D eigenvalue weighted by atomic mass is 35.5. The lowest BCUT2D eigenvalue weighted by Crippen LogP contribution is -2.31. The van der Waals surface area contributed by atoms with Gasteiger partial charge in [-0.05, 0) is 24.3 Å². The number of hydrogen-bond acceptors (Lipinski definition) is 4. The number of sulfonamides is 2. The SMILES string of the molecule is O=S(=O)(NS(=O)(=O)c1ccccc1Cl)c1ccccc1Cl. The Morgan fingerprint density at radius 1 is 0.667 bits per heavy atom. The van der Waals surface area contributed by atoms with Gasteiger partial charge in [-0.15, -0.1) is 4.13 Å². The Balaban J connectivity index is 2.46. The number of nitrogens with one attached hydrogen (secondary N) is 1. The molecule has 9 heteroatoms. The van der Waals surface area contributed by atoms with Gasteiger partial charge in [0.1, 0.15) is 9.79 Å². The first-order chi connectivity index (χ1) is 9.74. The normalized spacial score (nSPS) is 12.3. The Morgan fingerprint density at radius 3 is 1.33 bits per heavy atom. The maximum atomic E-state index is 12.1. The molecule has 2 aromatic rings. The fourth-order valence-electron chi connectivity index (χ4n) is 1.56. The van der Waals surface area contributed by atoms with Crippen LogP contribution in [0.3, 0.4) is 0 Å². The summed E-state index contributed by atoms with van der Waals surface area (Å²) in [4.78, 5) is -0.662. The lowest BCUT2D eigenvalue weighted by Gasteiger charge is -2.10. The first-order valence-corrected chi connectivity index (χ1v) is 9.24. The van der Waals surface area contributed by atoms with E-state index in [9.17, 15) is 16.8 Å². The van der Waals surface area contributed by atoms with Gasteiger partial charge in [-0.1, -0.05) is 47.5 Å². The zero-order chi connectivity index (χ0) is 15.7. The molecule has 21 heavy (non-hydrogen) atoms. The topological polar surface area (TPSA) is 80.3 Å². The number of rotatable bonds is 4. The van der Waals surface area contributed by atoms with Crippen molar-refractivity contribution >= 4 is 43.2 Å². The second-order valence-electron chi connectivity index (χ2n) is 3.95. The van der Waals surface area contributed by atoms with Crippen molar-refractivity contribution in [2.24, 2.45) is 0 Å². The number of halogens is 2. The van der Waals surface area contributed by atoms with Gasteiger partial charge in [-0.2, -0.15) is 0 Å². The predicted molar refractivity (Wildman–Crippen MR) is 80.4 cm³/mol. The molecule has 0 aromatic heterocycles. The summed E-state index contributed by atoms with van der Waals surface area (Å²) >= 11 is 11.5. The Kier molecular flexibility index (Phi) is 4.60. The van der Waals surface area contributed by atoms with Gasteiger partial charge >= 0.3 is 0 Å². The zero-order valence-electron chi connectivity index (χ0n) is 10.3. The van der Waals surface area contributed by atoms with E-state index >= 15 is 0 Å². The summed E-state index contributed by atoms with van der Waals surface area (Å²) in [5.41, 5.74) is 0. The molecule has 112 valence electrons. The van der Waals surface area contributed by atoms with Gasteiger partial charge in [0, 0.05) is 0 Å². The zero-order valence-corrected chi connectivity index (χ0v) is 13.5. The summed E-state index contributed by atoms with van der Waals surface area (Å²) < 4.78 is 50.2. The van der Waals surface area contributed by atoms with E-state index in [4.69, 9.17) is 23.2 Å². The fraction of sp³-hybridized carbons (Fsp3) is 0. The van der Waals surface area contributed by atoms with E-state index in [-0.39, 0.29) is 19.8 Å². The molecule has 0 spiro atoms. The van der Waals surface area contributed by atoms with E-state index in [1.807, 2.05) is 0 Å².